The lowest BCUT2D eigenvalue weighted by Crippen LogP contribution is -2.36. The van der Waals surface area contributed by atoms with Crippen LogP contribution in [0.5, 0.6) is 5.75 Å². The lowest BCUT2D eigenvalue weighted by Gasteiger charge is -2.22. The lowest BCUT2D eigenvalue weighted by molar-refractivity contribution is 0.0830. The average Bonchev–Trinajstić information content (AvgIpc) is 2.38. The van der Waals surface area contributed by atoms with Crippen LogP contribution in [0.2, 0.25) is 0 Å². The molecule has 4 nitrogen and oxygen atoms in total. The van der Waals surface area contributed by atoms with Crippen LogP contribution in [0, 0.1) is 0 Å². The predicted octanol–water partition coefficient (Wildman–Crippen LogP) is 2.01. The molecule has 4 heteroatoms. The summed E-state index contributed by atoms with van der Waals surface area (Å²) in [5, 5.41) is 0. The molecule has 2 atom stereocenters. The van der Waals surface area contributed by atoms with Gasteiger partial charge in [0.1, 0.15) is 5.75 Å². The number of hydrogen-bond acceptors (Lipinski definition) is 4. The highest BCUT2D eigenvalue weighted by molar-refractivity contribution is 5.29. The van der Waals surface area contributed by atoms with Gasteiger partial charge in [-0.25, -0.2) is 0 Å². The van der Waals surface area contributed by atoms with Gasteiger partial charge in [0.05, 0.1) is 18.8 Å². The Balaban J connectivity index is 2.71. The first-order chi connectivity index (χ1) is 8.22. The molecule has 0 saturated heterocycles. The topological polar surface area (TPSA) is 56.5 Å². The first-order valence-electron chi connectivity index (χ1n) is 5.94. The van der Waals surface area contributed by atoms with E-state index in [0.29, 0.717) is 0 Å². The smallest absolute Gasteiger partial charge is 0.119 e. The SMILES string of the molecule is CCCOc1ccc(C(NN)C(C)OC)cc1. The molecule has 0 saturated carbocycles. The van der Waals surface area contributed by atoms with Gasteiger partial charge in [-0.1, -0.05) is 19.1 Å². The van der Waals surface area contributed by atoms with Crippen molar-refractivity contribution >= 4 is 0 Å². The minimum atomic E-state index is -0.0137. The van der Waals surface area contributed by atoms with Gasteiger partial charge in [0.2, 0.25) is 0 Å². The molecule has 0 fully saturated rings. The molecule has 3 N–H and O–H groups in total. The first kappa shape index (κ1) is 14.0. The zero-order valence-corrected chi connectivity index (χ0v) is 10.8. The summed E-state index contributed by atoms with van der Waals surface area (Å²) in [5.74, 6) is 6.42. The highest BCUT2D eigenvalue weighted by Crippen LogP contribution is 2.21. The van der Waals surface area contributed by atoms with Crippen molar-refractivity contribution in [1.29, 1.82) is 0 Å². The van der Waals surface area contributed by atoms with Crippen LogP contribution in [0.1, 0.15) is 31.9 Å². The summed E-state index contributed by atoms with van der Waals surface area (Å²) in [5.41, 5.74) is 3.85. The molecule has 0 aliphatic carbocycles. The van der Waals surface area contributed by atoms with E-state index in [4.69, 9.17) is 15.3 Å². The third-order valence-electron chi connectivity index (χ3n) is 2.73. The summed E-state index contributed by atoms with van der Waals surface area (Å²) in [6, 6.07) is 7.91. The molecular formula is C13H22N2O2. The van der Waals surface area contributed by atoms with Crippen LogP contribution in [0.3, 0.4) is 0 Å². The fraction of sp³-hybridized carbons (Fsp3) is 0.538. The molecular weight excluding hydrogens is 216 g/mol. The number of benzene rings is 1. The Kier molecular flexibility index (Phi) is 5.97. The van der Waals surface area contributed by atoms with E-state index < -0.39 is 0 Å². The summed E-state index contributed by atoms with van der Waals surface area (Å²) in [6.07, 6.45) is 1.03. The van der Waals surface area contributed by atoms with Crippen molar-refractivity contribution in [3.63, 3.8) is 0 Å². The van der Waals surface area contributed by atoms with Crippen LogP contribution in [0.25, 0.3) is 0 Å². The Morgan fingerprint density at radius 3 is 2.41 bits per heavy atom. The number of ether oxygens (including phenoxy) is 2. The zero-order valence-electron chi connectivity index (χ0n) is 10.8. The minimum Gasteiger partial charge on any atom is -0.494 e. The van der Waals surface area contributed by atoms with Crippen LogP contribution in [0.4, 0.5) is 0 Å². The van der Waals surface area contributed by atoms with E-state index >= 15 is 0 Å². The first-order valence-corrected chi connectivity index (χ1v) is 5.94. The molecule has 1 aromatic rings. The number of hydrazine groups is 1. The van der Waals surface area contributed by atoms with Gasteiger partial charge in [-0.3, -0.25) is 11.3 Å². The highest BCUT2D eigenvalue weighted by atomic mass is 16.5. The van der Waals surface area contributed by atoms with Gasteiger partial charge >= 0.3 is 0 Å². The Hall–Kier alpha value is -1.10. The normalized spacial score (nSPS) is 14.4. The van der Waals surface area contributed by atoms with Gasteiger partial charge in [0, 0.05) is 7.11 Å². The van der Waals surface area contributed by atoms with Crippen molar-refractivity contribution in [1.82, 2.24) is 5.43 Å². The van der Waals surface area contributed by atoms with E-state index in [1.807, 2.05) is 31.2 Å². The van der Waals surface area contributed by atoms with E-state index in [1.165, 1.54) is 0 Å². The summed E-state index contributed by atoms with van der Waals surface area (Å²) in [4.78, 5) is 0. The van der Waals surface area contributed by atoms with Crippen molar-refractivity contribution in [2.75, 3.05) is 13.7 Å². The Bertz CT molecular complexity index is 314. The van der Waals surface area contributed by atoms with Crippen molar-refractivity contribution in [3.8, 4) is 5.75 Å². The van der Waals surface area contributed by atoms with Gasteiger partial charge < -0.3 is 9.47 Å². The van der Waals surface area contributed by atoms with E-state index in [2.05, 4.69) is 12.3 Å². The fourth-order valence-electron chi connectivity index (χ4n) is 1.63. The third kappa shape index (κ3) is 4.00. The maximum atomic E-state index is 5.54. The van der Waals surface area contributed by atoms with Gasteiger partial charge in [-0.05, 0) is 31.0 Å². The van der Waals surface area contributed by atoms with Crippen molar-refractivity contribution in [2.45, 2.75) is 32.4 Å². The second-order valence-electron chi connectivity index (χ2n) is 4.00. The largest absolute Gasteiger partial charge is 0.494 e. The van der Waals surface area contributed by atoms with Crippen LogP contribution in [-0.4, -0.2) is 19.8 Å². The molecule has 0 aromatic heterocycles. The highest BCUT2D eigenvalue weighted by Gasteiger charge is 2.17. The lowest BCUT2D eigenvalue weighted by atomic mass is 10.0. The molecule has 0 heterocycles. The van der Waals surface area contributed by atoms with E-state index in [9.17, 15) is 0 Å². The van der Waals surface area contributed by atoms with Gasteiger partial charge in [0.15, 0.2) is 0 Å². The van der Waals surface area contributed by atoms with Crippen molar-refractivity contribution in [2.24, 2.45) is 5.84 Å². The molecule has 0 bridgehead atoms. The number of methoxy groups -OCH3 is 1. The number of hydrogen-bond donors (Lipinski definition) is 2. The Morgan fingerprint density at radius 2 is 1.94 bits per heavy atom. The maximum Gasteiger partial charge on any atom is 0.119 e. The predicted molar refractivity (Wildman–Crippen MR) is 68.8 cm³/mol. The van der Waals surface area contributed by atoms with Crippen LogP contribution >= 0.6 is 0 Å². The number of nitrogens with one attached hydrogen (secondary N) is 1. The van der Waals surface area contributed by atoms with Crippen LogP contribution in [-0.2, 0) is 4.74 Å². The zero-order chi connectivity index (χ0) is 12.7. The van der Waals surface area contributed by atoms with Crippen LogP contribution < -0.4 is 16.0 Å². The summed E-state index contributed by atoms with van der Waals surface area (Å²) >= 11 is 0. The van der Waals surface area contributed by atoms with Gasteiger partial charge in [-0.2, -0.15) is 0 Å². The van der Waals surface area contributed by atoms with Crippen molar-refractivity contribution < 1.29 is 9.47 Å². The monoisotopic (exact) mass is 238 g/mol. The maximum absolute atomic E-state index is 5.54. The molecule has 1 rings (SSSR count). The molecule has 0 aliphatic heterocycles. The second-order valence-corrected chi connectivity index (χ2v) is 4.00. The fourth-order valence-corrected chi connectivity index (χ4v) is 1.63. The quantitative estimate of drug-likeness (QED) is 0.563. The third-order valence-corrected chi connectivity index (χ3v) is 2.73. The van der Waals surface area contributed by atoms with Gasteiger partial charge in [0.25, 0.3) is 0 Å². The van der Waals surface area contributed by atoms with E-state index in [-0.39, 0.29) is 12.1 Å². The molecule has 2 unspecified atom stereocenters. The molecule has 0 amide bonds. The van der Waals surface area contributed by atoms with E-state index in [0.717, 1.165) is 24.3 Å². The molecule has 17 heavy (non-hydrogen) atoms. The van der Waals surface area contributed by atoms with E-state index in [1.54, 1.807) is 7.11 Å². The summed E-state index contributed by atoms with van der Waals surface area (Å²) in [7, 11) is 1.67. The standard InChI is InChI=1S/C13H22N2O2/c1-4-9-17-12-7-5-11(6-8-12)13(15-14)10(2)16-3/h5-8,10,13,15H,4,9,14H2,1-3H3. The molecule has 0 radical (unpaired) electrons. The second kappa shape index (κ2) is 7.27. The molecule has 1 aromatic carbocycles. The van der Waals surface area contributed by atoms with Crippen molar-refractivity contribution in [3.05, 3.63) is 29.8 Å². The minimum absolute atomic E-state index is 0.0137. The summed E-state index contributed by atoms with van der Waals surface area (Å²) in [6.45, 7) is 4.81. The number of rotatable bonds is 7. The van der Waals surface area contributed by atoms with Crippen LogP contribution in [0.15, 0.2) is 24.3 Å². The number of nitrogens with two attached hydrogens (primary N) is 1. The average molecular weight is 238 g/mol. The molecule has 0 spiro atoms. The summed E-state index contributed by atoms with van der Waals surface area (Å²) < 4.78 is 10.8. The Labute approximate surface area is 103 Å². The molecule has 0 aliphatic rings. The molecule has 96 valence electrons. The van der Waals surface area contributed by atoms with Gasteiger partial charge in [-0.15, -0.1) is 0 Å². The Morgan fingerprint density at radius 1 is 1.29 bits per heavy atom.